The lowest BCUT2D eigenvalue weighted by molar-refractivity contribution is -0.0498. The monoisotopic (exact) mass is 398 g/mol. The molecule has 7 nitrogen and oxygen atoms in total. The van der Waals surface area contributed by atoms with Crippen molar-refractivity contribution in [1.29, 1.82) is 0 Å². The molecule has 0 spiro atoms. The maximum absolute atomic E-state index is 12.4. The number of nitrogens with two attached hydrogens (primary N) is 2. The highest BCUT2D eigenvalue weighted by molar-refractivity contribution is 6.01. The zero-order valence-corrected chi connectivity index (χ0v) is 15.6. The molecule has 1 aliphatic rings. The highest BCUT2D eigenvalue weighted by Gasteiger charge is 2.32. The molecule has 0 aliphatic carbocycles. The number of alkyl halides is 2. The molecule has 0 radical (unpaired) electrons. The van der Waals surface area contributed by atoms with Gasteiger partial charge in [0, 0.05) is 23.4 Å². The summed E-state index contributed by atoms with van der Waals surface area (Å²) in [5, 5.41) is 7.85. The number of pyridine rings is 1. The Morgan fingerprint density at radius 3 is 2.66 bits per heavy atom. The molecule has 0 saturated heterocycles. The van der Waals surface area contributed by atoms with E-state index in [1.165, 1.54) is 12.1 Å². The van der Waals surface area contributed by atoms with Gasteiger partial charge in [0.2, 0.25) is 5.79 Å². The van der Waals surface area contributed by atoms with E-state index < -0.39 is 12.4 Å². The molecule has 9 heteroatoms. The second kappa shape index (κ2) is 7.17. The van der Waals surface area contributed by atoms with Crippen molar-refractivity contribution in [2.45, 2.75) is 25.7 Å². The topological polar surface area (TPSA) is 103 Å². The fourth-order valence-corrected chi connectivity index (χ4v) is 3.40. The number of halogens is 2. The van der Waals surface area contributed by atoms with E-state index in [1.807, 2.05) is 31.3 Å². The molecular weight excluding hydrogens is 378 g/mol. The number of hydrogen-bond donors (Lipinski definition) is 3. The summed E-state index contributed by atoms with van der Waals surface area (Å²) in [6, 6.07) is 11.8. The Kier molecular flexibility index (Phi) is 4.67. The van der Waals surface area contributed by atoms with Crippen LogP contribution in [0.4, 0.5) is 8.78 Å². The second-order valence-electron chi connectivity index (χ2n) is 6.59. The number of aliphatic imine (C=N–C) groups is 1. The van der Waals surface area contributed by atoms with Crippen LogP contribution in [0.3, 0.4) is 0 Å². The number of fused-ring (bicyclic) bond motifs is 1. The summed E-state index contributed by atoms with van der Waals surface area (Å²) in [6.45, 7) is -0.879. The minimum atomic E-state index is -2.90. The third-order valence-corrected chi connectivity index (χ3v) is 4.66. The van der Waals surface area contributed by atoms with Crippen molar-refractivity contribution in [3.63, 3.8) is 0 Å². The zero-order chi connectivity index (χ0) is 20.6. The molecule has 1 aromatic carbocycles. The lowest BCUT2D eigenvalue weighted by atomic mass is 10.0. The quantitative estimate of drug-likeness (QED) is 0.613. The molecule has 3 heterocycles. The standard InChI is InChI=1S/C20H20F2N6O/c1-2-14-18(16-5-3-4-10-28(16)27-14)15-11-17(23)26-20(24,25-15)12-6-8-13(9-7-12)29-19(21)22/h3-11,19,25H,2,24H2,1H3,(H2,23,26). The largest absolute Gasteiger partial charge is 0.435 e. The summed E-state index contributed by atoms with van der Waals surface area (Å²) < 4.78 is 31.0. The van der Waals surface area contributed by atoms with E-state index in [2.05, 4.69) is 20.1 Å². The van der Waals surface area contributed by atoms with Crippen LogP contribution in [0.1, 0.15) is 23.7 Å². The van der Waals surface area contributed by atoms with E-state index in [0.717, 1.165) is 16.8 Å². The summed E-state index contributed by atoms with van der Waals surface area (Å²) >= 11 is 0. The Bertz CT molecular complexity index is 1110. The van der Waals surface area contributed by atoms with Gasteiger partial charge >= 0.3 is 6.61 Å². The second-order valence-corrected chi connectivity index (χ2v) is 6.59. The minimum Gasteiger partial charge on any atom is -0.435 e. The Morgan fingerprint density at radius 1 is 1.21 bits per heavy atom. The SMILES string of the molecule is CCc1nn2ccccc2c1C1=CC(N)=NC(N)(c2ccc(OC(F)F)cc2)N1. The van der Waals surface area contributed by atoms with Crippen LogP contribution in [-0.4, -0.2) is 22.1 Å². The van der Waals surface area contributed by atoms with E-state index in [1.54, 1.807) is 22.7 Å². The molecule has 1 aliphatic heterocycles. The molecule has 2 aromatic heterocycles. The molecule has 4 rings (SSSR count). The highest BCUT2D eigenvalue weighted by atomic mass is 19.3. The van der Waals surface area contributed by atoms with Crippen LogP contribution in [0.5, 0.6) is 5.75 Å². The predicted octanol–water partition coefficient (Wildman–Crippen LogP) is 2.57. The Morgan fingerprint density at radius 2 is 1.97 bits per heavy atom. The summed E-state index contributed by atoms with van der Waals surface area (Å²) in [6.07, 6.45) is 4.29. The number of nitrogens with one attached hydrogen (secondary N) is 1. The van der Waals surface area contributed by atoms with Gasteiger partial charge in [-0.2, -0.15) is 13.9 Å². The molecule has 3 aromatic rings. The molecule has 0 fully saturated rings. The van der Waals surface area contributed by atoms with Gasteiger partial charge in [-0.05, 0) is 42.8 Å². The Hall–Kier alpha value is -3.46. The van der Waals surface area contributed by atoms with Crippen molar-refractivity contribution in [1.82, 2.24) is 14.9 Å². The molecule has 1 atom stereocenters. The Labute approximate surface area is 165 Å². The first-order chi connectivity index (χ1) is 13.9. The van der Waals surface area contributed by atoms with Gasteiger partial charge in [-0.1, -0.05) is 13.0 Å². The molecule has 0 amide bonds. The number of rotatable bonds is 5. The first kappa shape index (κ1) is 18.9. The normalized spacial score (nSPS) is 19.1. The molecule has 0 saturated carbocycles. The minimum absolute atomic E-state index is 0.0341. The van der Waals surface area contributed by atoms with E-state index in [4.69, 9.17) is 11.5 Å². The number of hydrogen-bond acceptors (Lipinski definition) is 6. The van der Waals surface area contributed by atoms with Gasteiger partial charge in [-0.15, -0.1) is 0 Å². The molecule has 29 heavy (non-hydrogen) atoms. The maximum atomic E-state index is 12.4. The van der Waals surface area contributed by atoms with E-state index in [-0.39, 0.29) is 11.6 Å². The van der Waals surface area contributed by atoms with Crippen LogP contribution in [0.15, 0.2) is 59.7 Å². The molecule has 150 valence electrons. The van der Waals surface area contributed by atoms with E-state index in [0.29, 0.717) is 17.7 Å². The molecule has 0 bridgehead atoms. The number of aromatic nitrogens is 2. The Balaban J connectivity index is 1.73. The number of benzene rings is 1. The average molecular weight is 398 g/mol. The lowest BCUT2D eigenvalue weighted by Gasteiger charge is -2.32. The first-order valence-corrected chi connectivity index (χ1v) is 9.05. The summed E-state index contributed by atoms with van der Waals surface area (Å²) in [5.74, 6) is -1.09. The first-order valence-electron chi connectivity index (χ1n) is 9.05. The van der Waals surface area contributed by atoms with Crippen LogP contribution < -0.4 is 21.5 Å². The summed E-state index contributed by atoms with van der Waals surface area (Å²) in [7, 11) is 0. The zero-order valence-electron chi connectivity index (χ0n) is 15.6. The molecule has 5 N–H and O–H groups in total. The fourth-order valence-electron chi connectivity index (χ4n) is 3.40. The van der Waals surface area contributed by atoms with Gasteiger partial charge in [-0.25, -0.2) is 9.51 Å². The van der Waals surface area contributed by atoms with Crippen LogP contribution >= 0.6 is 0 Å². The van der Waals surface area contributed by atoms with E-state index in [9.17, 15) is 8.78 Å². The molecular formula is C20H20F2N6O. The number of aryl methyl sites for hydroxylation is 1. The van der Waals surface area contributed by atoms with Gasteiger partial charge in [0.15, 0.2) is 0 Å². The van der Waals surface area contributed by atoms with Crippen molar-refractivity contribution < 1.29 is 13.5 Å². The van der Waals surface area contributed by atoms with Crippen molar-refractivity contribution in [3.05, 3.63) is 71.6 Å². The third kappa shape index (κ3) is 3.52. The van der Waals surface area contributed by atoms with Gasteiger partial charge < -0.3 is 15.8 Å². The number of nitrogens with zero attached hydrogens (tertiary/aromatic N) is 3. The predicted molar refractivity (Wildman–Crippen MR) is 106 cm³/mol. The van der Waals surface area contributed by atoms with Crippen LogP contribution in [0.25, 0.3) is 11.2 Å². The van der Waals surface area contributed by atoms with Crippen LogP contribution in [-0.2, 0) is 12.2 Å². The van der Waals surface area contributed by atoms with Gasteiger partial charge in [0.05, 0.1) is 16.9 Å². The van der Waals surface area contributed by atoms with Crippen LogP contribution in [0.2, 0.25) is 0 Å². The summed E-state index contributed by atoms with van der Waals surface area (Å²) in [5.41, 5.74) is 16.5. The van der Waals surface area contributed by atoms with Gasteiger partial charge in [0.1, 0.15) is 11.6 Å². The number of amidine groups is 1. The average Bonchev–Trinajstić information content (AvgIpc) is 3.06. The van der Waals surface area contributed by atoms with E-state index >= 15 is 0 Å². The van der Waals surface area contributed by atoms with Crippen molar-refractivity contribution >= 4 is 17.0 Å². The maximum Gasteiger partial charge on any atom is 0.387 e. The van der Waals surface area contributed by atoms with Gasteiger partial charge in [-0.3, -0.25) is 5.73 Å². The third-order valence-electron chi connectivity index (χ3n) is 4.66. The highest BCUT2D eigenvalue weighted by Crippen LogP contribution is 2.30. The lowest BCUT2D eigenvalue weighted by Crippen LogP contribution is -2.51. The number of ether oxygens (including phenoxy) is 1. The smallest absolute Gasteiger partial charge is 0.387 e. The molecule has 1 unspecified atom stereocenters. The van der Waals surface area contributed by atoms with Crippen molar-refractivity contribution in [2.75, 3.05) is 0 Å². The van der Waals surface area contributed by atoms with Crippen molar-refractivity contribution in [2.24, 2.45) is 16.5 Å². The summed E-state index contributed by atoms with van der Waals surface area (Å²) in [4.78, 5) is 4.34. The van der Waals surface area contributed by atoms with Crippen LogP contribution in [0, 0.1) is 0 Å². The fraction of sp³-hybridized carbons (Fsp3) is 0.200. The van der Waals surface area contributed by atoms with Crippen molar-refractivity contribution in [3.8, 4) is 5.75 Å². The van der Waals surface area contributed by atoms with Gasteiger partial charge in [0.25, 0.3) is 0 Å².